The molecule has 192 valence electrons. The summed E-state index contributed by atoms with van der Waals surface area (Å²) in [7, 11) is 1.42. The maximum atomic E-state index is 13.4. The quantitative estimate of drug-likeness (QED) is 0.250. The van der Waals surface area contributed by atoms with Crippen molar-refractivity contribution in [1.82, 2.24) is 14.5 Å². The number of aromatic nitrogens is 2. The number of aryl methyl sites for hydroxylation is 1. The van der Waals surface area contributed by atoms with Gasteiger partial charge in [-0.05, 0) is 70.7 Å². The largest absolute Gasteiger partial charge is 0.507 e. The van der Waals surface area contributed by atoms with E-state index in [1.54, 1.807) is 42.9 Å². The second kappa shape index (κ2) is 9.93. The molecule has 1 amide bonds. The van der Waals surface area contributed by atoms with Gasteiger partial charge in [0.15, 0.2) is 11.5 Å². The van der Waals surface area contributed by atoms with Crippen molar-refractivity contribution in [2.24, 2.45) is 0 Å². The third-order valence-corrected chi connectivity index (χ3v) is 7.27. The molecule has 2 atom stereocenters. The van der Waals surface area contributed by atoms with Crippen molar-refractivity contribution in [2.75, 3.05) is 13.7 Å². The summed E-state index contributed by atoms with van der Waals surface area (Å²) in [6, 6.07) is 7.57. The van der Waals surface area contributed by atoms with E-state index >= 15 is 0 Å². The molecule has 5 rings (SSSR count). The van der Waals surface area contributed by atoms with Crippen LogP contribution >= 0.6 is 15.9 Å². The molecular formula is C27H26BrN3O6. The van der Waals surface area contributed by atoms with Crippen molar-refractivity contribution >= 4 is 33.4 Å². The third-order valence-electron chi connectivity index (χ3n) is 6.67. The molecule has 0 radical (unpaired) electrons. The monoisotopic (exact) mass is 567 g/mol. The number of phenolic OH excluding ortho intramolecular Hbond substituents is 1. The first-order valence-electron chi connectivity index (χ1n) is 11.9. The molecule has 2 aliphatic heterocycles. The first kappa shape index (κ1) is 24.9. The fourth-order valence-electron chi connectivity index (χ4n) is 4.93. The highest BCUT2D eigenvalue weighted by Gasteiger charge is 2.46. The van der Waals surface area contributed by atoms with Crippen molar-refractivity contribution in [3.8, 4) is 17.2 Å². The summed E-state index contributed by atoms with van der Waals surface area (Å²) in [5.41, 5.74) is 1.86. The van der Waals surface area contributed by atoms with Crippen molar-refractivity contribution in [3.05, 3.63) is 75.8 Å². The van der Waals surface area contributed by atoms with Gasteiger partial charge in [-0.25, -0.2) is 4.98 Å². The minimum absolute atomic E-state index is 0.0146. The Balaban J connectivity index is 1.59. The number of Topliss-reactive ketones (excluding diaryl/α,β-unsaturated/α-hetero) is 1. The minimum atomic E-state index is -0.878. The van der Waals surface area contributed by atoms with Gasteiger partial charge in [-0.2, -0.15) is 0 Å². The number of phenols is 1. The van der Waals surface area contributed by atoms with E-state index < -0.39 is 17.7 Å². The Morgan fingerprint density at radius 1 is 1.24 bits per heavy atom. The molecule has 2 aromatic carbocycles. The normalized spacial score (nSPS) is 20.2. The molecule has 2 aliphatic rings. The first-order chi connectivity index (χ1) is 17.8. The summed E-state index contributed by atoms with van der Waals surface area (Å²) in [5, 5.41) is 21.8. The number of fused-ring (bicyclic) bond motifs is 1. The number of amides is 1. The van der Waals surface area contributed by atoms with Gasteiger partial charge in [0.05, 0.1) is 29.5 Å². The maximum Gasteiger partial charge on any atom is 0.295 e. The molecule has 0 aliphatic carbocycles. The number of carbonyl (C=O) groups excluding carboxylic acids is 2. The van der Waals surface area contributed by atoms with Crippen LogP contribution in [-0.2, 0) is 22.6 Å². The lowest BCUT2D eigenvalue weighted by Crippen LogP contribution is -2.31. The SMILES string of the molecule is COc1cc(C2/C(=C(/O)c3ccc4c(c3)CC(C)O4)C(=O)C(=O)N2CCCn2ccnc2)cc(Br)c1O. The van der Waals surface area contributed by atoms with Crippen LogP contribution in [0.5, 0.6) is 17.2 Å². The van der Waals surface area contributed by atoms with Crippen molar-refractivity contribution in [1.29, 1.82) is 0 Å². The fourth-order valence-corrected chi connectivity index (χ4v) is 5.39. The Bertz CT molecular complexity index is 1400. The minimum Gasteiger partial charge on any atom is -0.507 e. The van der Waals surface area contributed by atoms with Crippen LogP contribution in [0.2, 0.25) is 0 Å². The van der Waals surface area contributed by atoms with Gasteiger partial charge in [-0.1, -0.05) is 0 Å². The zero-order chi connectivity index (χ0) is 26.3. The van der Waals surface area contributed by atoms with Gasteiger partial charge < -0.3 is 29.2 Å². The van der Waals surface area contributed by atoms with Gasteiger partial charge in [0.2, 0.25) is 0 Å². The average Bonchev–Trinajstić information content (AvgIpc) is 3.59. The molecule has 1 aromatic heterocycles. The number of likely N-dealkylation sites (tertiary alicyclic amines) is 1. The molecular weight excluding hydrogens is 542 g/mol. The highest BCUT2D eigenvalue weighted by Crippen LogP contribution is 2.44. The third kappa shape index (κ3) is 4.57. The molecule has 2 unspecified atom stereocenters. The van der Waals surface area contributed by atoms with Crippen LogP contribution in [0.1, 0.15) is 36.1 Å². The fraction of sp³-hybridized carbons (Fsp3) is 0.296. The lowest BCUT2D eigenvalue weighted by Gasteiger charge is -2.26. The molecule has 9 nitrogen and oxygen atoms in total. The number of nitrogens with zero attached hydrogens (tertiary/aromatic N) is 3. The molecule has 37 heavy (non-hydrogen) atoms. The summed E-state index contributed by atoms with van der Waals surface area (Å²) < 4.78 is 13.3. The smallest absolute Gasteiger partial charge is 0.295 e. The molecule has 1 saturated heterocycles. The van der Waals surface area contributed by atoms with Crippen LogP contribution in [0.25, 0.3) is 5.76 Å². The van der Waals surface area contributed by atoms with E-state index in [9.17, 15) is 19.8 Å². The number of ketones is 1. The number of benzene rings is 2. The predicted molar refractivity (Wildman–Crippen MR) is 138 cm³/mol. The zero-order valence-corrected chi connectivity index (χ0v) is 21.9. The Kier molecular flexibility index (Phi) is 6.68. The van der Waals surface area contributed by atoms with E-state index in [0.717, 1.165) is 11.3 Å². The van der Waals surface area contributed by atoms with Gasteiger partial charge in [-0.15, -0.1) is 0 Å². The zero-order valence-electron chi connectivity index (χ0n) is 20.3. The number of aromatic hydroxyl groups is 1. The van der Waals surface area contributed by atoms with E-state index in [-0.39, 0.29) is 35.5 Å². The van der Waals surface area contributed by atoms with E-state index in [4.69, 9.17) is 9.47 Å². The molecule has 0 spiro atoms. The van der Waals surface area contributed by atoms with E-state index in [0.29, 0.717) is 35.0 Å². The number of aliphatic hydroxyl groups excluding tert-OH is 1. The number of rotatable bonds is 7. The number of halogens is 1. The number of methoxy groups -OCH3 is 1. The van der Waals surface area contributed by atoms with Gasteiger partial charge in [0.25, 0.3) is 11.7 Å². The van der Waals surface area contributed by atoms with Crippen molar-refractivity contribution < 1.29 is 29.3 Å². The molecule has 0 saturated carbocycles. The summed E-state index contributed by atoms with van der Waals surface area (Å²) in [6.07, 6.45) is 6.46. The summed E-state index contributed by atoms with van der Waals surface area (Å²) in [4.78, 5) is 32.1. The Hall–Kier alpha value is -3.79. The summed E-state index contributed by atoms with van der Waals surface area (Å²) in [6.45, 7) is 2.83. The van der Waals surface area contributed by atoms with Gasteiger partial charge in [0, 0.05) is 37.5 Å². The van der Waals surface area contributed by atoms with Crippen molar-refractivity contribution in [2.45, 2.75) is 38.5 Å². The number of carbonyl (C=O) groups is 2. The van der Waals surface area contributed by atoms with Gasteiger partial charge in [0.1, 0.15) is 17.6 Å². The number of hydrogen-bond donors (Lipinski definition) is 2. The molecule has 3 aromatic rings. The number of hydrogen-bond acceptors (Lipinski definition) is 7. The Morgan fingerprint density at radius 3 is 2.78 bits per heavy atom. The maximum absolute atomic E-state index is 13.4. The molecule has 10 heteroatoms. The van der Waals surface area contributed by atoms with Crippen LogP contribution in [0.15, 0.2) is 59.1 Å². The standard InChI is InChI=1S/C27H26BrN3O6/c1-15-10-17-11-16(4-5-20(17)37-15)24(32)22-23(18-12-19(28)25(33)21(13-18)36-2)31(27(35)26(22)34)8-3-7-30-9-6-29-14-30/h4-6,9,11-15,23,32-33H,3,7-8,10H2,1-2H3/b24-22-. The second-order valence-electron chi connectivity index (χ2n) is 9.16. The predicted octanol–water partition coefficient (Wildman–Crippen LogP) is 4.20. The highest BCUT2D eigenvalue weighted by atomic mass is 79.9. The van der Waals surface area contributed by atoms with E-state index in [1.807, 2.05) is 17.7 Å². The van der Waals surface area contributed by atoms with E-state index in [2.05, 4.69) is 20.9 Å². The van der Waals surface area contributed by atoms with Crippen molar-refractivity contribution in [3.63, 3.8) is 0 Å². The number of aliphatic hydroxyl groups is 1. The van der Waals surface area contributed by atoms with Crippen LogP contribution in [0.4, 0.5) is 0 Å². The number of imidazole rings is 1. The van der Waals surface area contributed by atoms with Crippen LogP contribution in [0, 0.1) is 0 Å². The lowest BCUT2D eigenvalue weighted by atomic mass is 9.94. The molecule has 2 N–H and O–H groups in total. The Morgan fingerprint density at radius 2 is 2.05 bits per heavy atom. The topological polar surface area (TPSA) is 114 Å². The summed E-state index contributed by atoms with van der Waals surface area (Å²) in [5.74, 6) is -0.899. The van der Waals surface area contributed by atoms with Gasteiger partial charge in [-0.3, -0.25) is 9.59 Å². The van der Waals surface area contributed by atoms with Crippen LogP contribution in [0.3, 0.4) is 0 Å². The Labute approximate surface area is 222 Å². The second-order valence-corrected chi connectivity index (χ2v) is 10.0. The van der Waals surface area contributed by atoms with Crippen LogP contribution in [-0.4, -0.2) is 56.1 Å². The lowest BCUT2D eigenvalue weighted by molar-refractivity contribution is -0.139. The highest BCUT2D eigenvalue weighted by molar-refractivity contribution is 9.10. The molecule has 1 fully saturated rings. The van der Waals surface area contributed by atoms with Gasteiger partial charge >= 0.3 is 0 Å². The number of ether oxygens (including phenoxy) is 2. The van der Waals surface area contributed by atoms with Crippen LogP contribution < -0.4 is 9.47 Å². The molecule has 3 heterocycles. The van der Waals surface area contributed by atoms with E-state index in [1.165, 1.54) is 12.0 Å². The average molecular weight is 568 g/mol. The first-order valence-corrected chi connectivity index (χ1v) is 12.7. The summed E-state index contributed by atoms with van der Waals surface area (Å²) >= 11 is 3.33. The molecule has 0 bridgehead atoms.